The summed E-state index contributed by atoms with van der Waals surface area (Å²) in [6.45, 7) is 4.01. The predicted molar refractivity (Wildman–Crippen MR) is 88.2 cm³/mol. The molecule has 1 aromatic carbocycles. The van der Waals surface area contributed by atoms with Crippen molar-refractivity contribution in [3.8, 4) is 5.88 Å². The number of ether oxygens (including phenoxy) is 1. The van der Waals surface area contributed by atoms with Crippen LogP contribution in [0.15, 0.2) is 29.0 Å². The van der Waals surface area contributed by atoms with Gasteiger partial charge in [-0.25, -0.2) is 0 Å². The summed E-state index contributed by atoms with van der Waals surface area (Å²) in [7, 11) is 0. The molecule has 0 unspecified atom stereocenters. The lowest BCUT2D eigenvalue weighted by molar-refractivity contribution is 0.196. The van der Waals surface area contributed by atoms with Gasteiger partial charge >= 0.3 is 0 Å². The SMILES string of the molecule is Cc1cc(Br)c2c(c1)CN(c1cncc(OCCO)n1)CC2. The van der Waals surface area contributed by atoms with Gasteiger partial charge in [-0.15, -0.1) is 0 Å². The molecule has 3 rings (SSSR count). The Morgan fingerprint density at radius 1 is 1.36 bits per heavy atom. The highest BCUT2D eigenvalue weighted by atomic mass is 79.9. The third kappa shape index (κ3) is 3.23. The molecule has 0 bridgehead atoms. The number of anilines is 1. The van der Waals surface area contributed by atoms with Crippen LogP contribution in [0.5, 0.6) is 5.88 Å². The van der Waals surface area contributed by atoms with E-state index in [0.717, 1.165) is 25.3 Å². The Kier molecular flexibility index (Phi) is 4.59. The first-order chi connectivity index (χ1) is 10.7. The maximum atomic E-state index is 8.82. The van der Waals surface area contributed by atoms with Crippen LogP contribution in [-0.4, -0.2) is 34.8 Å². The maximum Gasteiger partial charge on any atom is 0.234 e. The van der Waals surface area contributed by atoms with Crippen LogP contribution in [-0.2, 0) is 13.0 Å². The van der Waals surface area contributed by atoms with Crippen molar-refractivity contribution in [1.82, 2.24) is 9.97 Å². The topological polar surface area (TPSA) is 58.5 Å². The van der Waals surface area contributed by atoms with Crippen LogP contribution < -0.4 is 9.64 Å². The van der Waals surface area contributed by atoms with E-state index in [0.29, 0.717) is 5.88 Å². The van der Waals surface area contributed by atoms with Crippen LogP contribution in [0, 0.1) is 6.92 Å². The molecule has 2 aromatic rings. The van der Waals surface area contributed by atoms with Crippen LogP contribution in [0.4, 0.5) is 5.82 Å². The standard InChI is InChI=1S/C16H18BrN3O2/c1-11-6-12-10-20(3-2-13(12)14(17)7-11)15-8-18-9-16(19-15)22-5-4-21/h6-9,21H,2-5,10H2,1H3. The van der Waals surface area contributed by atoms with E-state index < -0.39 is 0 Å². The van der Waals surface area contributed by atoms with Crippen molar-refractivity contribution in [2.45, 2.75) is 19.9 Å². The van der Waals surface area contributed by atoms with E-state index in [1.807, 2.05) is 0 Å². The van der Waals surface area contributed by atoms with Gasteiger partial charge in [0.15, 0.2) is 5.82 Å². The molecule has 0 aliphatic carbocycles. The minimum absolute atomic E-state index is 0.0314. The molecular formula is C16H18BrN3O2. The smallest absolute Gasteiger partial charge is 0.234 e. The summed E-state index contributed by atoms with van der Waals surface area (Å²) in [6.07, 6.45) is 4.29. The third-order valence-corrected chi connectivity index (χ3v) is 4.40. The summed E-state index contributed by atoms with van der Waals surface area (Å²) in [6, 6.07) is 4.39. The Hall–Kier alpha value is -1.66. The molecule has 1 aromatic heterocycles. The molecule has 0 saturated carbocycles. The Balaban J connectivity index is 1.82. The summed E-state index contributed by atoms with van der Waals surface area (Å²) in [5.41, 5.74) is 3.95. The van der Waals surface area contributed by atoms with Gasteiger partial charge < -0.3 is 14.7 Å². The largest absolute Gasteiger partial charge is 0.474 e. The number of aliphatic hydroxyl groups is 1. The van der Waals surface area contributed by atoms with Crippen molar-refractivity contribution in [1.29, 1.82) is 0 Å². The van der Waals surface area contributed by atoms with E-state index in [-0.39, 0.29) is 13.2 Å². The zero-order valence-corrected chi connectivity index (χ0v) is 14.0. The van der Waals surface area contributed by atoms with Crippen LogP contribution >= 0.6 is 15.9 Å². The lowest BCUT2D eigenvalue weighted by Gasteiger charge is -2.30. The Morgan fingerprint density at radius 3 is 3.05 bits per heavy atom. The van der Waals surface area contributed by atoms with Crippen molar-refractivity contribution in [2.24, 2.45) is 0 Å². The number of aromatic nitrogens is 2. The minimum atomic E-state index is -0.0314. The monoisotopic (exact) mass is 363 g/mol. The van der Waals surface area contributed by atoms with Gasteiger partial charge in [-0.1, -0.05) is 22.0 Å². The van der Waals surface area contributed by atoms with Gasteiger partial charge in [0, 0.05) is 17.6 Å². The van der Waals surface area contributed by atoms with Gasteiger partial charge in [-0.3, -0.25) is 4.98 Å². The fourth-order valence-corrected chi connectivity index (χ4v) is 3.52. The number of aliphatic hydroxyl groups excluding tert-OH is 1. The van der Waals surface area contributed by atoms with E-state index >= 15 is 0 Å². The lowest BCUT2D eigenvalue weighted by atomic mass is 9.98. The van der Waals surface area contributed by atoms with E-state index in [1.165, 1.54) is 21.2 Å². The van der Waals surface area contributed by atoms with Crippen molar-refractivity contribution in [3.63, 3.8) is 0 Å². The Morgan fingerprint density at radius 2 is 2.23 bits per heavy atom. The lowest BCUT2D eigenvalue weighted by Crippen LogP contribution is -2.31. The Labute approximate surface area is 138 Å². The molecule has 0 amide bonds. The summed E-state index contributed by atoms with van der Waals surface area (Å²) >= 11 is 3.66. The molecule has 0 radical (unpaired) electrons. The number of aryl methyl sites for hydroxylation is 1. The molecule has 116 valence electrons. The van der Waals surface area contributed by atoms with Gasteiger partial charge in [0.2, 0.25) is 5.88 Å². The molecule has 0 spiro atoms. The normalized spacial score (nSPS) is 13.9. The summed E-state index contributed by atoms with van der Waals surface area (Å²) in [5, 5.41) is 8.82. The first-order valence-electron chi connectivity index (χ1n) is 7.26. The Bertz CT molecular complexity index is 678. The molecule has 0 atom stereocenters. The predicted octanol–water partition coefficient (Wildman–Crippen LogP) is 2.48. The fourth-order valence-electron chi connectivity index (χ4n) is 2.70. The highest BCUT2D eigenvalue weighted by Crippen LogP contribution is 2.30. The van der Waals surface area contributed by atoms with E-state index in [4.69, 9.17) is 9.84 Å². The molecule has 22 heavy (non-hydrogen) atoms. The molecule has 1 aliphatic rings. The second kappa shape index (κ2) is 6.62. The summed E-state index contributed by atoms with van der Waals surface area (Å²) < 4.78 is 6.52. The highest BCUT2D eigenvalue weighted by Gasteiger charge is 2.20. The van der Waals surface area contributed by atoms with Crippen LogP contribution in [0.1, 0.15) is 16.7 Å². The first-order valence-corrected chi connectivity index (χ1v) is 8.05. The zero-order chi connectivity index (χ0) is 15.5. The minimum Gasteiger partial charge on any atom is -0.474 e. The third-order valence-electron chi connectivity index (χ3n) is 3.69. The van der Waals surface area contributed by atoms with Crippen LogP contribution in [0.25, 0.3) is 0 Å². The zero-order valence-electron chi connectivity index (χ0n) is 12.4. The van der Waals surface area contributed by atoms with Crippen molar-refractivity contribution >= 4 is 21.7 Å². The van der Waals surface area contributed by atoms with E-state index in [1.54, 1.807) is 12.4 Å². The molecular weight excluding hydrogens is 346 g/mol. The molecule has 2 heterocycles. The van der Waals surface area contributed by atoms with Crippen molar-refractivity contribution in [2.75, 3.05) is 24.7 Å². The molecule has 1 aliphatic heterocycles. The van der Waals surface area contributed by atoms with Crippen molar-refractivity contribution < 1.29 is 9.84 Å². The first kappa shape index (κ1) is 15.2. The van der Waals surface area contributed by atoms with Crippen LogP contribution in [0.2, 0.25) is 0 Å². The summed E-state index contributed by atoms with van der Waals surface area (Å²) in [5.74, 6) is 1.25. The number of benzene rings is 1. The second-order valence-electron chi connectivity index (χ2n) is 5.34. The van der Waals surface area contributed by atoms with Gasteiger partial charge in [-0.05, 0) is 36.1 Å². The number of halogens is 1. The number of rotatable bonds is 4. The van der Waals surface area contributed by atoms with Crippen molar-refractivity contribution in [3.05, 3.63) is 45.7 Å². The van der Waals surface area contributed by atoms with Gasteiger partial charge in [0.05, 0.1) is 19.0 Å². The van der Waals surface area contributed by atoms with Gasteiger partial charge in [-0.2, -0.15) is 4.98 Å². The number of hydrogen-bond acceptors (Lipinski definition) is 5. The number of fused-ring (bicyclic) bond motifs is 1. The van der Waals surface area contributed by atoms with Gasteiger partial charge in [0.1, 0.15) is 6.61 Å². The molecule has 6 heteroatoms. The number of hydrogen-bond donors (Lipinski definition) is 1. The van der Waals surface area contributed by atoms with Gasteiger partial charge in [0.25, 0.3) is 0 Å². The molecule has 0 saturated heterocycles. The van der Waals surface area contributed by atoms with Crippen LogP contribution in [0.3, 0.4) is 0 Å². The highest BCUT2D eigenvalue weighted by molar-refractivity contribution is 9.10. The molecule has 5 nitrogen and oxygen atoms in total. The number of nitrogens with zero attached hydrogens (tertiary/aromatic N) is 3. The van der Waals surface area contributed by atoms with E-state index in [9.17, 15) is 0 Å². The summed E-state index contributed by atoms with van der Waals surface area (Å²) in [4.78, 5) is 10.9. The maximum absolute atomic E-state index is 8.82. The fraction of sp³-hybridized carbons (Fsp3) is 0.375. The van der Waals surface area contributed by atoms with E-state index in [2.05, 4.69) is 49.9 Å². The average molecular weight is 364 g/mol. The molecule has 0 fully saturated rings. The second-order valence-corrected chi connectivity index (χ2v) is 6.20. The average Bonchev–Trinajstić information content (AvgIpc) is 2.52. The molecule has 1 N–H and O–H groups in total. The quantitative estimate of drug-likeness (QED) is 0.903.